The molecular weight excluding hydrogens is 446 g/mol. The third-order valence-electron chi connectivity index (χ3n) is 5.87. The van der Waals surface area contributed by atoms with Crippen molar-refractivity contribution < 1.29 is 27.0 Å². The van der Waals surface area contributed by atoms with Crippen LogP contribution in [0.4, 0.5) is 17.6 Å². The second kappa shape index (κ2) is 8.24. The van der Waals surface area contributed by atoms with E-state index in [-0.39, 0.29) is 30.0 Å². The molecule has 2 aliphatic rings. The van der Waals surface area contributed by atoms with Gasteiger partial charge in [-0.15, -0.1) is 11.3 Å². The molecule has 5 rings (SSSR count). The molecule has 2 saturated heterocycles. The van der Waals surface area contributed by atoms with Crippen molar-refractivity contribution in [3.05, 3.63) is 41.5 Å². The van der Waals surface area contributed by atoms with Crippen LogP contribution in [0.25, 0.3) is 21.3 Å². The van der Waals surface area contributed by atoms with E-state index in [9.17, 15) is 17.6 Å². The summed E-state index contributed by atoms with van der Waals surface area (Å²) in [5, 5.41) is 1.75. The fourth-order valence-corrected chi connectivity index (χ4v) is 5.60. The number of benzene rings is 1. The van der Waals surface area contributed by atoms with E-state index in [2.05, 4.69) is 9.97 Å². The van der Waals surface area contributed by atoms with Crippen LogP contribution in [0, 0.1) is 23.5 Å². The summed E-state index contributed by atoms with van der Waals surface area (Å²) in [6.45, 7) is 2.40. The molecule has 10 heteroatoms. The number of piperidine rings is 1. The Balaban J connectivity index is 1.42. The van der Waals surface area contributed by atoms with Gasteiger partial charge in [0, 0.05) is 54.4 Å². The van der Waals surface area contributed by atoms with Gasteiger partial charge >= 0.3 is 0 Å². The number of rotatable bonds is 5. The molecule has 2 fully saturated rings. The van der Waals surface area contributed by atoms with E-state index < -0.39 is 17.6 Å². The fourth-order valence-electron chi connectivity index (χ4n) is 4.65. The largest absolute Gasteiger partial charge is 0.472 e. The Morgan fingerprint density at radius 3 is 2.59 bits per heavy atom. The van der Waals surface area contributed by atoms with Crippen LogP contribution >= 0.6 is 11.3 Å². The number of hydrogen-bond donors (Lipinski definition) is 0. The number of aromatic nitrogens is 2. The van der Waals surface area contributed by atoms with Gasteiger partial charge in [-0.3, -0.25) is 4.90 Å². The SMILES string of the molecule is CC(F)(F)CN1CC2COCC(C1)C2Oc1ncnc2c(-c3ccc(F)cc3F)csc12. The number of likely N-dealkylation sites (tertiary alicyclic amines) is 1. The van der Waals surface area contributed by atoms with Crippen LogP contribution in [0.3, 0.4) is 0 Å². The molecule has 2 atom stereocenters. The van der Waals surface area contributed by atoms with E-state index >= 15 is 0 Å². The smallest absolute Gasteiger partial charge is 0.257 e. The van der Waals surface area contributed by atoms with Gasteiger partial charge < -0.3 is 9.47 Å². The average Bonchev–Trinajstić information content (AvgIpc) is 3.12. The van der Waals surface area contributed by atoms with E-state index in [1.165, 1.54) is 29.8 Å². The lowest BCUT2D eigenvalue weighted by Crippen LogP contribution is -2.58. The molecule has 4 heterocycles. The Hall–Kier alpha value is -2.30. The maximum atomic E-state index is 14.3. The quantitative estimate of drug-likeness (QED) is 0.513. The normalized spacial score (nSPS) is 24.1. The summed E-state index contributed by atoms with van der Waals surface area (Å²) in [6, 6.07) is 3.43. The maximum absolute atomic E-state index is 14.3. The summed E-state index contributed by atoms with van der Waals surface area (Å²) >= 11 is 1.32. The van der Waals surface area contributed by atoms with Crippen LogP contribution < -0.4 is 4.74 Å². The standard InChI is InChI=1S/C22H21F4N3O2S/c1-22(25,26)10-29-5-12-7-30-8-13(6-29)19(12)31-21-20-18(27-11-28-21)16(9-32-20)15-3-2-14(23)4-17(15)24/h2-4,9,11-13,19H,5-8,10H2,1H3. The number of thiophene rings is 1. The zero-order chi connectivity index (χ0) is 22.5. The first-order chi connectivity index (χ1) is 15.3. The van der Waals surface area contributed by atoms with E-state index in [0.29, 0.717) is 48.0 Å². The molecule has 1 aromatic carbocycles. The minimum atomic E-state index is -2.76. The molecule has 0 saturated carbocycles. The van der Waals surface area contributed by atoms with Crippen molar-refractivity contribution in [2.45, 2.75) is 19.0 Å². The van der Waals surface area contributed by atoms with Crippen LogP contribution in [0.15, 0.2) is 29.9 Å². The molecule has 2 unspecified atom stereocenters. The molecule has 0 amide bonds. The Labute approximate surface area is 186 Å². The number of alkyl halides is 2. The van der Waals surface area contributed by atoms with Gasteiger partial charge in [-0.2, -0.15) is 0 Å². The van der Waals surface area contributed by atoms with Crippen LogP contribution in [0.2, 0.25) is 0 Å². The highest BCUT2D eigenvalue weighted by atomic mass is 32.1. The predicted molar refractivity (Wildman–Crippen MR) is 112 cm³/mol. The highest BCUT2D eigenvalue weighted by Crippen LogP contribution is 2.40. The van der Waals surface area contributed by atoms with E-state index in [0.717, 1.165) is 13.0 Å². The summed E-state index contributed by atoms with van der Waals surface area (Å²) in [5.74, 6) is -3.83. The molecule has 32 heavy (non-hydrogen) atoms. The molecule has 2 bridgehead atoms. The topological polar surface area (TPSA) is 47.5 Å². The van der Waals surface area contributed by atoms with Gasteiger partial charge in [0.25, 0.3) is 5.92 Å². The Morgan fingerprint density at radius 1 is 1.16 bits per heavy atom. The summed E-state index contributed by atoms with van der Waals surface area (Å²) in [7, 11) is 0. The molecule has 3 aromatic rings. The number of nitrogens with zero attached hydrogens (tertiary/aromatic N) is 3. The van der Waals surface area contributed by atoms with Crippen molar-refractivity contribution in [3.63, 3.8) is 0 Å². The first-order valence-corrected chi connectivity index (χ1v) is 11.2. The molecule has 2 aliphatic heterocycles. The number of ether oxygens (including phenoxy) is 2. The van der Waals surface area contributed by atoms with Gasteiger partial charge in [-0.1, -0.05) is 0 Å². The first-order valence-electron chi connectivity index (χ1n) is 10.3. The number of hydrogen-bond acceptors (Lipinski definition) is 6. The Morgan fingerprint density at radius 2 is 1.91 bits per heavy atom. The first kappa shape index (κ1) is 21.5. The molecular formula is C22H21F4N3O2S. The zero-order valence-electron chi connectivity index (χ0n) is 17.2. The van der Waals surface area contributed by atoms with Gasteiger partial charge in [0.05, 0.1) is 25.3 Å². The molecule has 0 spiro atoms. The minimum absolute atomic E-state index is 0.0659. The lowest BCUT2D eigenvalue weighted by molar-refractivity contribution is -0.128. The van der Waals surface area contributed by atoms with Gasteiger partial charge in [0.15, 0.2) is 0 Å². The molecule has 0 aliphatic carbocycles. The third kappa shape index (κ3) is 4.18. The summed E-state index contributed by atoms with van der Waals surface area (Å²) in [4.78, 5) is 10.4. The van der Waals surface area contributed by atoms with Gasteiger partial charge in [0.1, 0.15) is 28.8 Å². The molecule has 170 valence electrons. The van der Waals surface area contributed by atoms with E-state index in [1.807, 2.05) is 0 Å². The highest BCUT2D eigenvalue weighted by Gasteiger charge is 2.44. The van der Waals surface area contributed by atoms with Crippen molar-refractivity contribution in [3.8, 4) is 17.0 Å². The zero-order valence-corrected chi connectivity index (χ0v) is 18.0. The summed E-state index contributed by atoms with van der Waals surface area (Å²) in [5.41, 5.74) is 1.31. The summed E-state index contributed by atoms with van der Waals surface area (Å²) in [6.07, 6.45) is 1.13. The third-order valence-corrected chi connectivity index (χ3v) is 6.83. The van der Waals surface area contributed by atoms with Crippen LogP contribution in [-0.2, 0) is 4.74 Å². The van der Waals surface area contributed by atoms with Gasteiger partial charge in [-0.05, 0) is 12.1 Å². The van der Waals surface area contributed by atoms with Crippen molar-refractivity contribution in [1.29, 1.82) is 0 Å². The molecule has 5 nitrogen and oxygen atoms in total. The second-order valence-electron chi connectivity index (χ2n) is 8.53. The lowest BCUT2D eigenvalue weighted by atomic mass is 9.84. The van der Waals surface area contributed by atoms with Gasteiger partial charge in [0.2, 0.25) is 5.88 Å². The van der Waals surface area contributed by atoms with Crippen molar-refractivity contribution >= 4 is 21.6 Å². The number of fused-ring (bicyclic) bond motifs is 3. The lowest BCUT2D eigenvalue weighted by Gasteiger charge is -2.46. The molecule has 0 radical (unpaired) electrons. The minimum Gasteiger partial charge on any atom is -0.472 e. The second-order valence-corrected chi connectivity index (χ2v) is 9.41. The fraction of sp³-hybridized carbons (Fsp3) is 0.455. The van der Waals surface area contributed by atoms with E-state index in [1.54, 1.807) is 10.3 Å². The number of halogens is 4. The van der Waals surface area contributed by atoms with Gasteiger partial charge in [-0.25, -0.2) is 27.5 Å². The van der Waals surface area contributed by atoms with Crippen LogP contribution in [-0.4, -0.2) is 59.7 Å². The molecule has 0 N–H and O–H groups in total. The molecule has 2 aromatic heterocycles. The average molecular weight is 467 g/mol. The Bertz CT molecular complexity index is 1120. The summed E-state index contributed by atoms with van der Waals surface area (Å²) < 4.78 is 67.4. The van der Waals surface area contributed by atoms with Crippen molar-refractivity contribution in [2.24, 2.45) is 11.8 Å². The Kier molecular flexibility index (Phi) is 5.55. The maximum Gasteiger partial charge on any atom is 0.257 e. The van der Waals surface area contributed by atoms with Crippen molar-refractivity contribution in [1.82, 2.24) is 14.9 Å². The predicted octanol–water partition coefficient (Wildman–Crippen LogP) is 4.62. The monoisotopic (exact) mass is 467 g/mol. The van der Waals surface area contributed by atoms with Crippen molar-refractivity contribution in [2.75, 3.05) is 32.8 Å². The van der Waals surface area contributed by atoms with Crippen LogP contribution in [0.5, 0.6) is 5.88 Å². The van der Waals surface area contributed by atoms with E-state index in [4.69, 9.17) is 9.47 Å². The van der Waals surface area contributed by atoms with Crippen LogP contribution in [0.1, 0.15) is 6.92 Å². The highest BCUT2D eigenvalue weighted by molar-refractivity contribution is 7.18.